The first-order valence-corrected chi connectivity index (χ1v) is 16.4. The SMILES string of the molecule is CO[C@H]1OCCN([C@H]2C[C@H](O[C@H]3C[C@](O)(C(=O)CO)Cc4c(O)c5c(c(O)c43)C(=O)c3c(NCCN)cccc3C5=O)O[C@@H](C)[C@H]2O)[C@@H]1C. The molecule has 15 heteroatoms. The lowest BCUT2D eigenvalue weighted by molar-refractivity contribution is -0.273. The zero-order valence-corrected chi connectivity index (χ0v) is 27.5. The number of aliphatic hydroxyl groups is 3. The summed E-state index contributed by atoms with van der Waals surface area (Å²) in [5.41, 5.74) is 2.50. The van der Waals surface area contributed by atoms with Crippen LogP contribution >= 0.6 is 0 Å². The molecule has 15 nitrogen and oxygen atoms in total. The monoisotopic (exact) mass is 685 g/mol. The molecule has 2 aromatic rings. The second-order valence-electron chi connectivity index (χ2n) is 13.1. The number of carbonyl (C=O) groups is 3. The third-order valence-corrected chi connectivity index (χ3v) is 10.2. The van der Waals surface area contributed by atoms with E-state index in [2.05, 4.69) is 5.32 Å². The van der Waals surface area contributed by atoms with Crippen molar-refractivity contribution in [2.45, 2.75) is 81.7 Å². The van der Waals surface area contributed by atoms with Crippen LogP contribution in [0.15, 0.2) is 18.2 Å². The van der Waals surface area contributed by atoms with E-state index in [0.717, 1.165) is 0 Å². The molecule has 0 aromatic heterocycles. The van der Waals surface area contributed by atoms with E-state index in [4.69, 9.17) is 24.7 Å². The van der Waals surface area contributed by atoms with Gasteiger partial charge in [-0.3, -0.25) is 19.3 Å². The Morgan fingerprint density at radius 3 is 2.57 bits per heavy atom. The Morgan fingerprint density at radius 1 is 1.14 bits per heavy atom. The molecule has 8 atom stereocenters. The molecule has 2 saturated heterocycles. The van der Waals surface area contributed by atoms with E-state index < -0.39 is 102 Å². The molecule has 4 aliphatic rings. The van der Waals surface area contributed by atoms with Gasteiger partial charge in [-0.15, -0.1) is 0 Å². The minimum Gasteiger partial charge on any atom is -0.507 e. The van der Waals surface area contributed by atoms with Crippen LogP contribution in [0.5, 0.6) is 11.5 Å². The van der Waals surface area contributed by atoms with E-state index in [-0.39, 0.29) is 41.3 Å². The average molecular weight is 686 g/mol. The number of hydrogen-bond donors (Lipinski definition) is 7. The van der Waals surface area contributed by atoms with Crippen LogP contribution in [-0.2, 0) is 30.2 Å². The quantitative estimate of drug-likeness (QED) is 0.148. The summed E-state index contributed by atoms with van der Waals surface area (Å²) < 4.78 is 23.6. The molecule has 266 valence electrons. The number of ether oxygens (including phenoxy) is 4. The van der Waals surface area contributed by atoms with Crippen molar-refractivity contribution in [1.29, 1.82) is 0 Å². The van der Waals surface area contributed by atoms with Crippen LogP contribution in [0.3, 0.4) is 0 Å². The predicted molar refractivity (Wildman–Crippen MR) is 171 cm³/mol. The number of nitrogens with two attached hydrogens (primary N) is 1. The Morgan fingerprint density at radius 2 is 1.88 bits per heavy atom. The first kappa shape index (κ1) is 35.3. The summed E-state index contributed by atoms with van der Waals surface area (Å²) in [6.07, 6.45) is -5.57. The highest BCUT2D eigenvalue weighted by Crippen LogP contribution is 2.52. The maximum absolute atomic E-state index is 14.1. The molecule has 0 amide bonds. The number of nitrogens with one attached hydrogen (secondary N) is 1. The topological polar surface area (TPSA) is 231 Å². The normalized spacial score (nSPS) is 31.5. The maximum Gasteiger partial charge on any atom is 0.200 e. The summed E-state index contributed by atoms with van der Waals surface area (Å²) in [5.74, 6) is -3.78. The van der Waals surface area contributed by atoms with Crippen molar-refractivity contribution in [3.8, 4) is 11.5 Å². The molecule has 2 aliphatic carbocycles. The molecule has 2 heterocycles. The van der Waals surface area contributed by atoms with E-state index in [1.165, 1.54) is 13.2 Å². The van der Waals surface area contributed by atoms with E-state index in [1.807, 2.05) is 11.8 Å². The number of methoxy groups -OCH3 is 1. The van der Waals surface area contributed by atoms with Crippen LogP contribution < -0.4 is 11.1 Å². The van der Waals surface area contributed by atoms with Gasteiger partial charge in [0.05, 0.1) is 47.7 Å². The van der Waals surface area contributed by atoms with Crippen LogP contribution in [0.2, 0.25) is 0 Å². The van der Waals surface area contributed by atoms with Crippen LogP contribution in [-0.4, -0.2) is 130 Å². The lowest BCUT2D eigenvalue weighted by atomic mass is 9.71. The van der Waals surface area contributed by atoms with Crippen molar-refractivity contribution >= 4 is 23.0 Å². The number of anilines is 1. The summed E-state index contributed by atoms with van der Waals surface area (Å²) >= 11 is 0. The fraction of sp³-hybridized carbons (Fsp3) is 0.559. The summed E-state index contributed by atoms with van der Waals surface area (Å²) in [6.45, 7) is 3.94. The van der Waals surface area contributed by atoms with Gasteiger partial charge in [0.25, 0.3) is 0 Å². The van der Waals surface area contributed by atoms with Crippen LogP contribution in [0.4, 0.5) is 5.69 Å². The molecule has 2 aromatic carbocycles. The fourth-order valence-electron chi connectivity index (χ4n) is 7.74. The highest BCUT2D eigenvalue weighted by atomic mass is 16.7. The zero-order valence-electron chi connectivity index (χ0n) is 27.5. The number of morpholine rings is 1. The smallest absolute Gasteiger partial charge is 0.200 e. The lowest BCUT2D eigenvalue weighted by Crippen LogP contribution is -2.62. The number of ketones is 3. The average Bonchev–Trinajstić information content (AvgIpc) is 3.08. The predicted octanol–water partition coefficient (Wildman–Crippen LogP) is 0.0978. The second-order valence-corrected chi connectivity index (χ2v) is 13.1. The molecule has 0 spiro atoms. The Hall–Kier alpha value is -3.51. The van der Waals surface area contributed by atoms with Crippen molar-refractivity contribution in [3.05, 3.63) is 51.6 Å². The van der Waals surface area contributed by atoms with Gasteiger partial charge in [0.15, 0.2) is 29.9 Å². The highest BCUT2D eigenvalue weighted by Gasteiger charge is 2.51. The van der Waals surface area contributed by atoms with Gasteiger partial charge in [-0.2, -0.15) is 0 Å². The van der Waals surface area contributed by atoms with Gasteiger partial charge in [-0.25, -0.2) is 0 Å². The molecule has 0 unspecified atom stereocenters. The van der Waals surface area contributed by atoms with E-state index in [0.29, 0.717) is 25.4 Å². The van der Waals surface area contributed by atoms with Crippen molar-refractivity contribution in [2.24, 2.45) is 5.73 Å². The van der Waals surface area contributed by atoms with E-state index >= 15 is 0 Å². The maximum atomic E-state index is 14.1. The number of phenols is 2. The molecule has 0 saturated carbocycles. The molecule has 2 aliphatic heterocycles. The number of hydrogen-bond acceptors (Lipinski definition) is 15. The Labute approximate surface area is 282 Å². The number of aromatic hydroxyl groups is 2. The highest BCUT2D eigenvalue weighted by molar-refractivity contribution is 6.32. The van der Waals surface area contributed by atoms with Gasteiger partial charge < -0.3 is 55.5 Å². The Bertz CT molecular complexity index is 1650. The Kier molecular flexibility index (Phi) is 9.85. The number of rotatable bonds is 9. The molecule has 2 fully saturated rings. The van der Waals surface area contributed by atoms with Crippen LogP contribution in [0.1, 0.15) is 75.8 Å². The van der Waals surface area contributed by atoms with Gasteiger partial charge in [0.1, 0.15) is 23.7 Å². The van der Waals surface area contributed by atoms with Gasteiger partial charge in [-0.1, -0.05) is 12.1 Å². The molecule has 0 bridgehead atoms. The number of phenolic OH excluding ortho intramolecular Hbond substituents is 2. The summed E-state index contributed by atoms with van der Waals surface area (Å²) in [7, 11) is 1.53. The second kappa shape index (κ2) is 13.7. The summed E-state index contributed by atoms with van der Waals surface area (Å²) in [6, 6.07) is 3.86. The minimum absolute atomic E-state index is 0.00129. The number of aliphatic hydroxyl groups excluding tert-OH is 2. The number of nitrogens with zero attached hydrogens (tertiary/aromatic N) is 1. The summed E-state index contributed by atoms with van der Waals surface area (Å²) in [5, 5.41) is 59.0. The fourth-order valence-corrected chi connectivity index (χ4v) is 7.74. The van der Waals surface area contributed by atoms with Crippen molar-refractivity contribution in [1.82, 2.24) is 4.90 Å². The minimum atomic E-state index is -2.27. The molecule has 8 N–H and O–H groups in total. The van der Waals surface area contributed by atoms with Crippen LogP contribution in [0, 0.1) is 0 Å². The summed E-state index contributed by atoms with van der Waals surface area (Å²) in [4.78, 5) is 43.0. The van der Waals surface area contributed by atoms with Gasteiger partial charge in [0.2, 0.25) is 0 Å². The van der Waals surface area contributed by atoms with Crippen LogP contribution in [0.25, 0.3) is 0 Å². The van der Waals surface area contributed by atoms with E-state index in [1.54, 1.807) is 19.1 Å². The number of fused-ring (bicyclic) bond motifs is 3. The molecular formula is C34H43N3O12. The lowest BCUT2D eigenvalue weighted by Gasteiger charge is -2.49. The molecule has 49 heavy (non-hydrogen) atoms. The molecule has 0 radical (unpaired) electrons. The first-order valence-electron chi connectivity index (χ1n) is 16.4. The Balaban J connectivity index is 1.42. The van der Waals surface area contributed by atoms with Crippen molar-refractivity contribution in [3.63, 3.8) is 0 Å². The number of Topliss-reactive ketones (excluding diaryl/α,β-unsaturated/α-hetero) is 1. The molecule has 6 rings (SSSR count). The largest absolute Gasteiger partial charge is 0.507 e. The number of carbonyl (C=O) groups excluding carboxylic acids is 3. The number of benzene rings is 2. The van der Waals surface area contributed by atoms with E-state index in [9.17, 15) is 39.9 Å². The van der Waals surface area contributed by atoms with Crippen molar-refractivity contribution < 1.29 is 58.9 Å². The zero-order chi connectivity index (χ0) is 35.4. The third kappa shape index (κ3) is 5.92. The van der Waals surface area contributed by atoms with Gasteiger partial charge >= 0.3 is 0 Å². The van der Waals surface area contributed by atoms with Gasteiger partial charge in [0, 0.05) is 74.4 Å². The first-order chi connectivity index (χ1) is 23.4. The van der Waals surface area contributed by atoms with Gasteiger partial charge in [-0.05, 0) is 19.9 Å². The third-order valence-electron chi connectivity index (χ3n) is 10.2. The molecular weight excluding hydrogens is 642 g/mol. The standard InChI is InChI=1S/C34H43N3O12/c1-15-33(46-3)47-10-9-37(15)20-11-23(48-16(2)28(20)40)49-21-13-34(45,22(39)14-38)12-18-25(21)32(44)27-26(30(18)42)29(41)17-5-4-6-19(36-8-7-35)24(17)31(27)43/h4-6,15-16,20-21,23,28,33,36,38,40,42,44-45H,7-14,35H2,1-3H3/t15-,16+,20+,21+,23+,28-,33+,34+/m1/s1. The van der Waals surface area contributed by atoms with Crippen molar-refractivity contribution in [2.75, 3.05) is 45.3 Å².